The zero-order valence-corrected chi connectivity index (χ0v) is 10.1. The van der Waals surface area contributed by atoms with Crippen LogP contribution in [0.5, 0.6) is 0 Å². The second-order valence-corrected chi connectivity index (χ2v) is 4.35. The summed E-state index contributed by atoms with van der Waals surface area (Å²) in [6.07, 6.45) is 0. The van der Waals surface area contributed by atoms with Crippen molar-refractivity contribution in [2.75, 3.05) is 6.54 Å². The van der Waals surface area contributed by atoms with Gasteiger partial charge in [-0.05, 0) is 25.0 Å². The Bertz CT molecular complexity index is 456. The molecule has 0 radical (unpaired) electrons. The summed E-state index contributed by atoms with van der Waals surface area (Å²) in [6, 6.07) is 7.52. The topological polar surface area (TPSA) is 49.4 Å². The molecule has 0 saturated carbocycles. The SMILES string of the molecule is Cc1ccccc1CN1C(=O)CNC(C)C1=O. The fourth-order valence-corrected chi connectivity index (χ4v) is 1.90. The van der Waals surface area contributed by atoms with Crippen LogP contribution < -0.4 is 5.32 Å². The smallest absolute Gasteiger partial charge is 0.246 e. The van der Waals surface area contributed by atoms with Crippen molar-refractivity contribution in [2.24, 2.45) is 0 Å². The second-order valence-electron chi connectivity index (χ2n) is 4.35. The van der Waals surface area contributed by atoms with E-state index in [1.54, 1.807) is 6.92 Å². The Morgan fingerprint density at radius 2 is 2.06 bits per heavy atom. The fourth-order valence-electron chi connectivity index (χ4n) is 1.90. The first kappa shape index (κ1) is 11.8. The Balaban J connectivity index is 2.20. The summed E-state index contributed by atoms with van der Waals surface area (Å²) in [4.78, 5) is 24.9. The molecule has 2 amide bonds. The monoisotopic (exact) mass is 232 g/mol. The lowest BCUT2D eigenvalue weighted by Gasteiger charge is -2.30. The van der Waals surface area contributed by atoms with Crippen LogP contribution in [0.4, 0.5) is 0 Å². The number of hydrogen-bond donors (Lipinski definition) is 1. The van der Waals surface area contributed by atoms with Crippen molar-refractivity contribution in [3.63, 3.8) is 0 Å². The quantitative estimate of drug-likeness (QED) is 0.769. The molecule has 2 rings (SSSR count). The lowest BCUT2D eigenvalue weighted by molar-refractivity contribution is -0.149. The molecule has 17 heavy (non-hydrogen) atoms. The molecule has 1 fully saturated rings. The van der Waals surface area contributed by atoms with E-state index in [0.717, 1.165) is 11.1 Å². The Morgan fingerprint density at radius 1 is 1.35 bits per heavy atom. The van der Waals surface area contributed by atoms with E-state index < -0.39 is 0 Å². The van der Waals surface area contributed by atoms with Crippen molar-refractivity contribution in [2.45, 2.75) is 26.4 Å². The van der Waals surface area contributed by atoms with Crippen molar-refractivity contribution in [1.82, 2.24) is 10.2 Å². The molecule has 0 spiro atoms. The minimum atomic E-state index is -0.281. The number of nitrogens with one attached hydrogen (secondary N) is 1. The van der Waals surface area contributed by atoms with Crippen LogP contribution in [0.1, 0.15) is 18.1 Å². The van der Waals surface area contributed by atoms with Gasteiger partial charge >= 0.3 is 0 Å². The molecule has 1 atom stereocenters. The van der Waals surface area contributed by atoms with E-state index in [1.165, 1.54) is 4.90 Å². The number of hydrogen-bond acceptors (Lipinski definition) is 3. The number of amides is 2. The van der Waals surface area contributed by atoms with Crippen molar-refractivity contribution in [3.8, 4) is 0 Å². The molecule has 1 aromatic rings. The van der Waals surface area contributed by atoms with E-state index in [1.807, 2.05) is 31.2 Å². The lowest BCUT2D eigenvalue weighted by atomic mass is 10.1. The first-order valence-electron chi connectivity index (χ1n) is 5.71. The second kappa shape index (κ2) is 4.67. The first-order valence-corrected chi connectivity index (χ1v) is 5.71. The third-order valence-corrected chi connectivity index (χ3v) is 3.09. The average molecular weight is 232 g/mol. The largest absolute Gasteiger partial charge is 0.298 e. The Labute approximate surface area is 101 Å². The number of aryl methyl sites for hydroxylation is 1. The van der Waals surface area contributed by atoms with Crippen LogP contribution >= 0.6 is 0 Å². The summed E-state index contributed by atoms with van der Waals surface area (Å²) >= 11 is 0. The van der Waals surface area contributed by atoms with E-state index in [4.69, 9.17) is 0 Å². The lowest BCUT2D eigenvalue weighted by Crippen LogP contribution is -2.56. The predicted octanol–water partition coefficient (Wildman–Crippen LogP) is 0.842. The molecule has 90 valence electrons. The normalized spacial score (nSPS) is 20.8. The highest BCUT2D eigenvalue weighted by Crippen LogP contribution is 2.13. The summed E-state index contributed by atoms with van der Waals surface area (Å²) in [6.45, 7) is 4.37. The maximum atomic E-state index is 11.9. The number of rotatable bonds is 2. The molecule has 0 bridgehead atoms. The van der Waals surface area contributed by atoms with E-state index in [0.29, 0.717) is 6.54 Å². The highest BCUT2D eigenvalue weighted by Gasteiger charge is 2.31. The van der Waals surface area contributed by atoms with Gasteiger partial charge in [0.05, 0.1) is 19.1 Å². The van der Waals surface area contributed by atoms with Gasteiger partial charge in [-0.1, -0.05) is 24.3 Å². The minimum absolute atomic E-state index is 0.149. The predicted molar refractivity (Wildman–Crippen MR) is 64.2 cm³/mol. The van der Waals surface area contributed by atoms with Gasteiger partial charge in [0.2, 0.25) is 11.8 Å². The average Bonchev–Trinajstić information content (AvgIpc) is 2.32. The molecule has 1 saturated heterocycles. The highest BCUT2D eigenvalue weighted by molar-refractivity contribution is 6.00. The van der Waals surface area contributed by atoms with E-state index in [9.17, 15) is 9.59 Å². The molecule has 4 heteroatoms. The van der Waals surface area contributed by atoms with Crippen LogP contribution in [0.2, 0.25) is 0 Å². The molecule has 1 aromatic carbocycles. The van der Waals surface area contributed by atoms with Crippen molar-refractivity contribution >= 4 is 11.8 Å². The third-order valence-electron chi connectivity index (χ3n) is 3.09. The van der Waals surface area contributed by atoms with Crippen LogP contribution in [0.25, 0.3) is 0 Å². The third kappa shape index (κ3) is 2.36. The zero-order valence-electron chi connectivity index (χ0n) is 10.1. The van der Waals surface area contributed by atoms with Crippen molar-refractivity contribution in [3.05, 3.63) is 35.4 Å². The number of imide groups is 1. The highest BCUT2D eigenvalue weighted by atomic mass is 16.2. The van der Waals surface area contributed by atoms with Crippen LogP contribution in [0.3, 0.4) is 0 Å². The van der Waals surface area contributed by atoms with Gasteiger partial charge in [0.15, 0.2) is 0 Å². The van der Waals surface area contributed by atoms with Crippen molar-refractivity contribution in [1.29, 1.82) is 0 Å². The van der Waals surface area contributed by atoms with Crippen LogP contribution in [-0.2, 0) is 16.1 Å². The summed E-state index contributed by atoms with van der Waals surface area (Å²) in [5, 5.41) is 2.87. The number of carbonyl (C=O) groups excluding carboxylic acids is 2. The molecule has 1 heterocycles. The zero-order chi connectivity index (χ0) is 12.4. The molecular weight excluding hydrogens is 216 g/mol. The molecule has 0 aromatic heterocycles. The maximum absolute atomic E-state index is 11.9. The summed E-state index contributed by atoms with van der Waals surface area (Å²) in [5.41, 5.74) is 2.11. The number of piperazine rings is 1. The van der Waals surface area contributed by atoms with Gasteiger partial charge in [-0.25, -0.2) is 0 Å². The Hall–Kier alpha value is -1.68. The van der Waals surface area contributed by atoms with Gasteiger partial charge in [0.1, 0.15) is 0 Å². The van der Waals surface area contributed by atoms with Crippen LogP contribution in [-0.4, -0.2) is 29.3 Å². The summed E-state index contributed by atoms with van der Waals surface area (Å²) in [5.74, 6) is -0.305. The summed E-state index contributed by atoms with van der Waals surface area (Å²) < 4.78 is 0. The number of nitrogens with zero attached hydrogens (tertiary/aromatic N) is 1. The molecular formula is C13H16N2O2. The van der Waals surface area contributed by atoms with Crippen LogP contribution in [0, 0.1) is 6.92 Å². The van der Waals surface area contributed by atoms with Gasteiger partial charge in [0.25, 0.3) is 0 Å². The minimum Gasteiger partial charge on any atom is -0.298 e. The number of benzene rings is 1. The maximum Gasteiger partial charge on any atom is 0.246 e. The molecule has 4 nitrogen and oxygen atoms in total. The molecule has 1 N–H and O–H groups in total. The van der Waals surface area contributed by atoms with Gasteiger partial charge in [0, 0.05) is 0 Å². The van der Waals surface area contributed by atoms with E-state index in [2.05, 4.69) is 5.32 Å². The number of carbonyl (C=O) groups is 2. The first-order chi connectivity index (χ1) is 8.09. The molecule has 1 aliphatic heterocycles. The van der Waals surface area contributed by atoms with Gasteiger partial charge in [-0.15, -0.1) is 0 Å². The van der Waals surface area contributed by atoms with Gasteiger partial charge in [-0.3, -0.25) is 19.8 Å². The van der Waals surface area contributed by atoms with E-state index >= 15 is 0 Å². The van der Waals surface area contributed by atoms with Crippen molar-refractivity contribution < 1.29 is 9.59 Å². The Kier molecular flexibility index (Phi) is 3.24. The van der Waals surface area contributed by atoms with Gasteiger partial charge < -0.3 is 0 Å². The molecule has 0 aliphatic carbocycles. The molecule has 1 aliphatic rings. The molecule has 1 unspecified atom stereocenters. The fraction of sp³-hybridized carbons (Fsp3) is 0.385. The van der Waals surface area contributed by atoms with Crippen LogP contribution in [0.15, 0.2) is 24.3 Å². The Morgan fingerprint density at radius 3 is 2.76 bits per heavy atom. The standard InChI is InChI=1S/C13H16N2O2/c1-9-5-3-4-6-11(9)8-15-12(16)7-14-10(2)13(15)17/h3-6,10,14H,7-8H2,1-2H3. The summed E-state index contributed by atoms with van der Waals surface area (Å²) in [7, 11) is 0. The van der Waals surface area contributed by atoms with Gasteiger partial charge in [-0.2, -0.15) is 0 Å². The van der Waals surface area contributed by atoms with E-state index in [-0.39, 0.29) is 24.4 Å².